The lowest BCUT2D eigenvalue weighted by Gasteiger charge is -2.15. The van der Waals surface area contributed by atoms with Crippen LogP contribution < -0.4 is 4.74 Å². The van der Waals surface area contributed by atoms with E-state index in [-0.39, 0.29) is 5.97 Å². The second-order valence-electron chi connectivity index (χ2n) is 8.46. The molecule has 0 unspecified atom stereocenters. The molecule has 0 spiro atoms. The number of hydrogen-bond acceptors (Lipinski definition) is 7. The molecule has 36 heavy (non-hydrogen) atoms. The highest BCUT2D eigenvalue weighted by Crippen LogP contribution is 2.29. The van der Waals surface area contributed by atoms with E-state index in [1.807, 2.05) is 81.4 Å². The van der Waals surface area contributed by atoms with Crippen molar-refractivity contribution in [3.05, 3.63) is 83.2 Å². The Bertz CT molecular complexity index is 1270. The van der Waals surface area contributed by atoms with Crippen LogP contribution in [0.15, 0.2) is 69.6 Å². The minimum atomic E-state index is -0.611. The molecule has 0 saturated carbocycles. The summed E-state index contributed by atoms with van der Waals surface area (Å²) in [6.45, 7) is 8.63. The van der Waals surface area contributed by atoms with Gasteiger partial charge in [-0.25, -0.2) is 4.79 Å². The predicted octanol–water partition coefficient (Wildman–Crippen LogP) is 6.31. The molecule has 4 aromatic rings. The Labute approximate surface area is 211 Å². The number of esters is 1. The highest BCUT2D eigenvalue weighted by Gasteiger charge is 2.20. The quantitative estimate of drug-likeness (QED) is 0.228. The molecular formula is C29H31NO6. The normalized spacial score (nSPS) is 11.9. The van der Waals surface area contributed by atoms with Crippen LogP contribution in [0.3, 0.4) is 0 Å². The maximum absolute atomic E-state index is 12.1. The molecule has 0 aliphatic rings. The number of carbonyl (C=O) groups excluding carboxylic acids is 1. The summed E-state index contributed by atoms with van der Waals surface area (Å²) in [5, 5.41) is 3.94. The van der Waals surface area contributed by atoms with Crippen LogP contribution in [-0.4, -0.2) is 30.4 Å². The number of ether oxygens (including phenoxy) is 3. The number of benzene rings is 2. The first-order valence-electron chi connectivity index (χ1n) is 12.1. The van der Waals surface area contributed by atoms with E-state index in [1.165, 1.54) is 0 Å². The van der Waals surface area contributed by atoms with E-state index in [9.17, 15) is 4.79 Å². The summed E-state index contributed by atoms with van der Waals surface area (Å²) < 4.78 is 28.0. The maximum Gasteiger partial charge on any atom is 0.335 e. The molecule has 0 radical (unpaired) electrons. The summed E-state index contributed by atoms with van der Waals surface area (Å²) >= 11 is 0. The summed E-state index contributed by atoms with van der Waals surface area (Å²) in [5.41, 5.74) is 4.77. The fourth-order valence-corrected chi connectivity index (χ4v) is 3.84. The second kappa shape index (κ2) is 11.7. The average Bonchev–Trinajstić information content (AvgIpc) is 3.49. The molecule has 188 valence electrons. The average molecular weight is 490 g/mol. The van der Waals surface area contributed by atoms with Gasteiger partial charge >= 0.3 is 5.97 Å². The molecule has 2 aromatic heterocycles. The van der Waals surface area contributed by atoms with E-state index < -0.39 is 6.10 Å². The van der Waals surface area contributed by atoms with Crippen molar-refractivity contribution < 1.29 is 27.9 Å². The van der Waals surface area contributed by atoms with Gasteiger partial charge in [0.2, 0.25) is 0 Å². The van der Waals surface area contributed by atoms with Gasteiger partial charge in [0.1, 0.15) is 23.9 Å². The van der Waals surface area contributed by atoms with E-state index in [2.05, 4.69) is 5.16 Å². The van der Waals surface area contributed by atoms with Gasteiger partial charge in [-0.1, -0.05) is 41.6 Å². The number of aryl methyl sites for hydroxylation is 2. The first kappa shape index (κ1) is 25.3. The molecule has 7 nitrogen and oxygen atoms in total. The summed E-state index contributed by atoms with van der Waals surface area (Å²) in [6.07, 6.45) is -0.164. The van der Waals surface area contributed by atoms with Crippen LogP contribution in [0, 0.1) is 13.8 Å². The largest absolute Gasteiger partial charge is 0.486 e. The zero-order chi connectivity index (χ0) is 25.5. The van der Waals surface area contributed by atoms with Crippen molar-refractivity contribution in [1.29, 1.82) is 0 Å². The van der Waals surface area contributed by atoms with E-state index >= 15 is 0 Å². The Hall–Kier alpha value is -3.84. The number of carbonyl (C=O) groups is 1. The summed E-state index contributed by atoms with van der Waals surface area (Å²) in [7, 11) is 0. The van der Waals surface area contributed by atoms with Gasteiger partial charge in [-0.3, -0.25) is 0 Å². The SMILES string of the molecule is CCOC(=O)[C@H](Cc1ccc(OCc2oc(-c3ccc(-c4cc(C)no4)cc3)cc2C)cc1)OCC. The smallest absolute Gasteiger partial charge is 0.335 e. The molecule has 2 heterocycles. The van der Waals surface area contributed by atoms with Gasteiger partial charge in [0.05, 0.1) is 12.3 Å². The van der Waals surface area contributed by atoms with Gasteiger partial charge < -0.3 is 23.2 Å². The third-order valence-corrected chi connectivity index (χ3v) is 5.73. The summed E-state index contributed by atoms with van der Waals surface area (Å²) in [5.74, 6) is 2.66. The van der Waals surface area contributed by atoms with Gasteiger partial charge in [-0.15, -0.1) is 0 Å². The first-order valence-corrected chi connectivity index (χ1v) is 12.1. The number of nitrogens with zero attached hydrogens (tertiary/aromatic N) is 1. The Balaban J connectivity index is 1.36. The summed E-state index contributed by atoms with van der Waals surface area (Å²) in [4.78, 5) is 12.1. The minimum Gasteiger partial charge on any atom is -0.486 e. The molecule has 0 fully saturated rings. The van der Waals surface area contributed by atoms with Crippen LogP contribution in [-0.2, 0) is 27.3 Å². The molecule has 0 N–H and O–H groups in total. The van der Waals surface area contributed by atoms with Crippen molar-refractivity contribution in [3.8, 4) is 28.4 Å². The first-order chi connectivity index (χ1) is 17.5. The van der Waals surface area contributed by atoms with Gasteiger partial charge in [-0.2, -0.15) is 0 Å². The second-order valence-corrected chi connectivity index (χ2v) is 8.46. The monoisotopic (exact) mass is 489 g/mol. The Morgan fingerprint density at radius 2 is 1.61 bits per heavy atom. The highest BCUT2D eigenvalue weighted by atomic mass is 16.6. The lowest BCUT2D eigenvalue weighted by molar-refractivity contribution is -0.156. The van der Waals surface area contributed by atoms with Crippen molar-refractivity contribution in [2.75, 3.05) is 13.2 Å². The number of aromatic nitrogens is 1. The Kier molecular flexibility index (Phi) is 8.23. The third-order valence-electron chi connectivity index (χ3n) is 5.73. The zero-order valence-corrected chi connectivity index (χ0v) is 21.1. The van der Waals surface area contributed by atoms with Crippen molar-refractivity contribution in [1.82, 2.24) is 5.16 Å². The molecule has 2 aromatic carbocycles. The minimum absolute atomic E-state index is 0.311. The molecule has 1 atom stereocenters. The molecule has 4 rings (SSSR count). The van der Waals surface area contributed by atoms with Crippen molar-refractivity contribution in [2.24, 2.45) is 0 Å². The molecule has 0 amide bonds. The molecule has 0 aliphatic heterocycles. The third kappa shape index (κ3) is 6.23. The molecule has 0 saturated heterocycles. The molecule has 0 bridgehead atoms. The highest BCUT2D eigenvalue weighted by molar-refractivity contribution is 5.75. The molecule has 7 heteroatoms. The standard InChI is InChI=1S/C29H31NO6/c1-5-32-27(29(31)33-6-2)17-21-7-13-24(14-8-21)34-18-28-19(3)15-25(35-28)22-9-11-23(12-10-22)26-16-20(4)30-36-26/h7-16,27H,5-6,17-18H2,1-4H3/t27-/m0/s1. The Morgan fingerprint density at radius 1 is 0.917 bits per heavy atom. The van der Waals surface area contributed by atoms with Crippen LogP contribution in [0.5, 0.6) is 5.75 Å². The van der Waals surface area contributed by atoms with Crippen LogP contribution in [0.2, 0.25) is 0 Å². The number of furan rings is 1. The zero-order valence-electron chi connectivity index (χ0n) is 21.1. The lowest BCUT2D eigenvalue weighted by Crippen LogP contribution is -2.28. The summed E-state index contributed by atoms with van der Waals surface area (Å²) in [6, 6.07) is 19.5. The maximum atomic E-state index is 12.1. The van der Waals surface area contributed by atoms with E-state index in [0.717, 1.165) is 45.2 Å². The van der Waals surface area contributed by atoms with Crippen LogP contribution in [0.25, 0.3) is 22.6 Å². The van der Waals surface area contributed by atoms with Crippen LogP contribution >= 0.6 is 0 Å². The van der Waals surface area contributed by atoms with Gasteiger partial charge in [0.25, 0.3) is 0 Å². The lowest BCUT2D eigenvalue weighted by atomic mass is 10.1. The fraction of sp³-hybridized carbons (Fsp3) is 0.310. The van der Waals surface area contributed by atoms with Gasteiger partial charge in [0, 0.05) is 30.2 Å². The Morgan fingerprint density at radius 3 is 2.22 bits per heavy atom. The van der Waals surface area contributed by atoms with E-state index in [1.54, 1.807) is 6.92 Å². The fourth-order valence-electron chi connectivity index (χ4n) is 3.84. The van der Waals surface area contributed by atoms with Crippen molar-refractivity contribution >= 4 is 5.97 Å². The van der Waals surface area contributed by atoms with E-state index in [4.69, 9.17) is 23.2 Å². The van der Waals surface area contributed by atoms with Crippen LogP contribution in [0.4, 0.5) is 0 Å². The molecular weight excluding hydrogens is 458 g/mol. The number of rotatable bonds is 11. The number of hydrogen-bond donors (Lipinski definition) is 0. The van der Waals surface area contributed by atoms with Gasteiger partial charge in [-0.05, 0) is 57.0 Å². The molecule has 0 aliphatic carbocycles. The van der Waals surface area contributed by atoms with Crippen molar-refractivity contribution in [3.63, 3.8) is 0 Å². The van der Waals surface area contributed by atoms with Crippen LogP contribution in [0.1, 0.15) is 36.4 Å². The topological polar surface area (TPSA) is 83.9 Å². The predicted molar refractivity (Wildman–Crippen MR) is 136 cm³/mol. The van der Waals surface area contributed by atoms with Crippen molar-refractivity contribution in [2.45, 2.75) is 46.8 Å². The van der Waals surface area contributed by atoms with E-state index in [0.29, 0.717) is 32.0 Å². The van der Waals surface area contributed by atoms with Gasteiger partial charge in [0.15, 0.2) is 11.9 Å².